The molecule has 1 N–H and O–H groups in total. The molecule has 0 amide bonds. The number of methoxy groups -OCH3 is 3. The van der Waals surface area contributed by atoms with Crippen LogP contribution in [-0.4, -0.2) is 26.4 Å². The Kier molecular flexibility index (Phi) is 4.37. The van der Waals surface area contributed by atoms with E-state index in [9.17, 15) is 5.11 Å². The SMILES string of the molecule is COCc1cc(OC)c(OC)cc1C(C)(C)O. The molecule has 0 aliphatic heterocycles. The Hall–Kier alpha value is -1.26. The van der Waals surface area contributed by atoms with Gasteiger partial charge in [-0.3, -0.25) is 0 Å². The highest BCUT2D eigenvalue weighted by atomic mass is 16.5. The number of aliphatic hydroxyl groups is 1. The highest BCUT2D eigenvalue weighted by Crippen LogP contribution is 2.35. The monoisotopic (exact) mass is 240 g/mol. The van der Waals surface area contributed by atoms with Crippen LogP contribution in [0.4, 0.5) is 0 Å². The van der Waals surface area contributed by atoms with Gasteiger partial charge in [0.25, 0.3) is 0 Å². The maximum atomic E-state index is 10.1. The van der Waals surface area contributed by atoms with Crippen molar-refractivity contribution in [3.63, 3.8) is 0 Å². The average molecular weight is 240 g/mol. The smallest absolute Gasteiger partial charge is 0.161 e. The maximum Gasteiger partial charge on any atom is 0.161 e. The zero-order chi connectivity index (χ0) is 13.1. The molecular formula is C13H20O4. The molecule has 0 aromatic heterocycles. The number of hydrogen-bond acceptors (Lipinski definition) is 4. The molecule has 0 radical (unpaired) electrons. The predicted octanol–water partition coefficient (Wildman–Crippen LogP) is 2.08. The van der Waals surface area contributed by atoms with Gasteiger partial charge in [0.1, 0.15) is 0 Å². The summed E-state index contributed by atoms with van der Waals surface area (Å²) in [6, 6.07) is 3.61. The minimum absolute atomic E-state index is 0.416. The molecule has 0 bridgehead atoms. The Balaban J connectivity index is 3.35. The third-order valence-electron chi connectivity index (χ3n) is 2.57. The number of benzene rings is 1. The Labute approximate surface area is 102 Å². The molecule has 0 saturated heterocycles. The lowest BCUT2D eigenvalue weighted by Gasteiger charge is -2.23. The molecule has 0 atom stereocenters. The standard InChI is InChI=1S/C13H20O4/c1-13(2,14)10-7-12(17-5)11(16-4)6-9(10)8-15-3/h6-7,14H,8H2,1-5H3. The van der Waals surface area contributed by atoms with Gasteiger partial charge in [0.2, 0.25) is 0 Å². The highest BCUT2D eigenvalue weighted by Gasteiger charge is 2.22. The quantitative estimate of drug-likeness (QED) is 0.856. The van der Waals surface area contributed by atoms with Crippen molar-refractivity contribution in [2.24, 2.45) is 0 Å². The van der Waals surface area contributed by atoms with Gasteiger partial charge >= 0.3 is 0 Å². The molecule has 0 spiro atoms. The van der Waals surface area contributed by atoms with Gasteiger partial charge in [0.15, 0.2) is 11.5 Å². The highest BCUT2D eigenvalue weighted by molar-refractivity contribution is 5.48. The Morgan fingerprint density at radius 1 is 1.06 bits per heavy atom. The van der Waals surface area contributed by atoms with E-state index in [1.165, 1.54) is 0 Å². The summed E-state index contributed by atoms with van der Waals surface area (Å²) in [6.07, 6.45) is 0. The third-order valence-corrected chi connectivity index (χ3v) is 2.57. The number of ether oxygens (including phenoxy) is 3. The van der Waals surface area contributed by atoms with Gasteiger partial charge in [-0.05, 0) is 37.1 Å². The van der Waals surface area contributed by atoms with Crippen LogP contribution in [0.1, 0.15) is 25.0 Å². The van der Waals surface area contributed by atoms with Crippen molar-refractivity contribution in [2.75, 3.05) is 21.3 Å². The summed E-state index contributed by atoms with van der Waals surface area (Å²) in [5, 5.41) is 10.1. The Morgan fingerprint density at radius 2 is 1.59 bits per heavy atom. The van der Waals surface area contributed by atoms with Crippen LogP contribution in [0.15, 0.2) is 12.1 Å². The normalized spacial score (nSPS) is 11.4. The van der Waals surface area contributed by atoms with Crippen LogP contribution in [0, 0.1) is 0 Å². The minimum atomic E-state index is -0.951. The molecule has 1 aromatic rings. The van der Waals surface area contributed by atoms with Gasteiger partial charge < -0.3 is 19.3 Å². The largest absolute Gasteiger partial charge is 0.493 e. The summed E-state index contributed by atoms with van der Waals surface area (Å²) in [5.41, 5.74) is 0.711. The molecule has 1 rings (SSSR count). The van der Waals surface area contributed by atoms with Gasteiger partial charge in [-0.2, -0.15) is 0 Å². The third kappa shape index (κ3) is 3.11. The van der Waals surface area contributed by atoms with Crippen molar-refractivity contribution in [2.45, 2.75) is 26.1 Å². The fraction of sp³-hybridized carbons (Fsp3) is 0.538. The molecule has 96 valence electrons. The number of hydrogen-bond donors (Lipinski definition) is 1. The zero-order valence-corrected chi connectivity index (χ0v) is 11.0. The van der Waals surface area contributed by atoms with E-state index in [4.69, 9.17) is 14.2 Å². The molecule has 4 heteroatoms. The lowest BCUT2D eigenvalue weighted by molar-refractivity contribution is 0.0742. The molecule has 0 aliphatic rings. The first-order chi connectivity index (χ1) is 7.93. The summed E-state index contributed by atoms with van der Waals surface area (Å²) >= 11 is 0. The van der Waals surface area contributed by atoms with E-state index in [2.05, 4.69) is 0 Å². The van der Waals surface area contributed by atoms with Crippen LogP contribution >= 0.6 is 0 Å². The Bertz CT molecular complexity index is 380. The first-order valence-corrected chi connectivity index (χ1v) is 5.40. The Morgan fingerprint density at radius 3 is 2.00 bits per heavy atom. The van der Waals surface area contributed by atoms with Crippen LogP contribution in [0.25, 0.3) is 0 Å². The van der Waals surface area contributed by atoms with Gasteiger partial charge in [-0.25, -0.2) is 0 Å². The molecular weight excluding hydrogens is 220 g/mol. The second kappa shape index (κ2) is 5.38. The van der Waals surface area contributed by atoms with Gasteiger partial charge in [-0.1, -0.05) is 0 Å². The average Bonchev–Trinajstić information content (AvgIpc) is 2.27. The summed E-state index contributed by atoms with van der Waals surface area (Å²) in [5.74, 6) is 1.23. The number of rotatable bonds is 5. The summed E-state index contributed by atoms with van der Waals surface area (Å²) < 4.78 is 15.6. The predicted molar refractivity (Wildman–Crippen MR) is 65.5 cm³/mol. The molecule has 17 heavy (non-hydrogen) atoms. The van der Waals surface area contributed by atoms with Crippen LogP contribution in [0.2, 0.25) is 0 Å². The van der Waals surface area contributed by atoms with E-state index in [1.54, 1.807) is 41.2 Å². The van der Waals surface area contributed by atoms with E-state index < -0.39 is 5.60 Å². The van der Waals surface area contributed by atoms with E-state index in [0.717, 1.165) is 11.1 Å². The van der Waals surface area contributed by atoms with Crippen LogP contribution < -0.4 is 9.47 Å². The maximum absolute atomic E-state index is 10.1. The molecule has 0 aliphatic carbocycles. The lowest BCUT2D eigenvalue weighted by atomic mass is 9.93. The zero-order valence-electron chi connectivity index (χ0n) is 11.0. The van der Waals surface area contributed by atoms with Crippen molar-refractivity contribution >= 4 is 0 Å². The van der Waals surface area contributed by atoms with Gasteiger partial charge in [0, 0.05) is 7.11 Å². The van der Waals surface area contributed by atoms with E-state index >= 15 is 0 Å². The van der Waals surface area contributed by atoms with Crippen molar-refractivity contribution in [1.82, 2.24) is 0 Å². The van der Waals surface area contributed by atoms with Crippen molar-refractivity contribution in [3.05, 3.63) is 23.3 Å². The van der Waals surface area contributed by atoms with Crippen LogP contribution in [-0.2, 0) is 16.9 Å². The van der Waals surface area contributed by atoms with Crippen LogP contribution in [0.3, 0.4) is 0 Å². The van der Waals surface area contributed by atoms with Crippen molar-refractivity contribution in [3.8, 4) is 11.5 Å². The summed E-state index contributed by atoms with van der Waals surface area (Å²) in [7, 11) is 4.77. The molecule has 4 nitrogen and oxygen atoms in total. The second-order valence-electron chi connectivity index (χ2n) is 4.36. The fourth-order valence-corrected chi connectivity index (χ4v) is 1.77. The first kappa shape index (κ1) is 13.8. The fourth-order valence-electron chi connectivity index (χ4n) is 1.77. The molecule has 0 unspecified atom stereocenters. The van der Waals surface area contributed by atoms with E-state index in [-0.39, 0.29) is 0 Å². The van der Waals surface area contributed by atoms with E-state index in [0.29, 0.717) is 18.1 Å². The van der Waals surface area contributed by atoms with Crippen LogP contribution in [0.5, 0.6) is 11.5 Å². The van der Waals surface area contributed by atoms with Gasteiger partial charge in [-0.15, -0.1) is 0 Å². The van der Waals surface area contributed by atoms with Gasteiger partial charge in [0.05, 0.1) is 26.4 Å². The first-order valence-electron chi connectivity index (χ1n) is 5.40. The van der Waals surface area contributed by atoms with Crippen molar-refractivity contribution in [1.29, 1.82) is 0 Å². The minimum Gasteiger partial charge on any atom is -0.493 e. The topological polar surface area (TPSA) is 47.9 Å². The van der Waals surface area contributed by atoms with Crippen molar-refractivity contribution < 1.29 is 19.3 Å². The molecule has 0 heterocycles. The molecule has 0 saturated carbocycles. The molecule has 1 aromatic carbocycles. The molecule has 0 fully saturated rings. The lowest BCUT2D eigenvalue weighted by Crippen LogP contribution is -2.18. The van der Waals surface area contributed by atoms with E-state index in [1.807, 2.05) is 6.07 Å². The summed E-state index contributed by atoms with van der Waals surface area (Å²) in [4.78, 5) is 0. The summed E-state index contributed by atoms with van der Waals surface area (Å²) in [6.45, 7) is 3.88. The second-order valence-corrected chi connectivity index (χ2v) is 4.36.